The third-order valence-corrected chi connectivity index (χ3v) is 6.28. The van der Waals surface area contributed by atoms with Crippen molar-refractivity contribution in [2.24, 2.45) is 0 Å². The first-order chi connectivity index (χ1) is 12.7. The van der Waals surface area contributed by atoms with Crippen LogP contribution in [0.1, 0.15) is 35.2 Å². The zero-order valence-electron chi connectivity index (χ0n) is 13.7. The average molecular weight is 383 g/mol. The second kappa shape index (κ2) is 6.07. The van der Waals surface area contributed by atoms with Crippen LogP contribution < -0.4 is 5.32 Å². The number of carbonyl (C=O) groups excluding carboxylic acids is 1. The summed E-state index contributed by atoms with van der Waals surface area (Å²) < 4.78 is 1.78. The summed E-state index contributed by atoms with van der Waals surface area (Å²) in [5, 5.41) is 10.4. The Balaban J connectivity index is 1.62. The number of aromatic nitrogens is 3. The number of nitrogens with zero attached hydrogens (tertiary/aromatic N) is 3. The normalized spacial score (nSPS) is 22.0. The molecule has 0 fully saturated rings. The molecule has 2 atom stereocenters. The first kappa shape index (κ1) is 15.8. The van der Waals surface area contributed by atoms with E-state index in [1.807, 2.05) is 30.3 Å². The van der Waals surface area contributed by atoms with Gasteiger partial charge in [0, 0.05) is 33.5 Å². The van der Waals surface area contributed by atoms with Crippen molar-refractivity contribution in [1.29, 1.82) is 0 Å². The molecule has 130 valence electrons. The van der Waals surface area contributed by atoms with Crippen molar-refractivity contribution in [2.75, 3.05) is 5.32 Å². The smallest absolute Gasteiger partial charge is 0.226 e. The number of nitrogens with one attached hydrogen (secondary N) is 1. The van der Waals surface area contributed by atoms with Crippen LogP contribution in [0.25, 0.3) is 0 Å². The summed E-state index contributed by atoms with van der Waals surface area (Å²) in [5.41, 5.74) is 2.73. The van der Waals surface area contributed by atoms with Gasteiger partial charge in [-0.3, -0.25) is 4.79 Å². The van der Waals surface area contributed by atoms with E-state index >= 15 is 0 Å². The molecule has 1 N–H and O–H groups in total. The number of allylic oxidation sites excluding steroid dienone is 2. The van der Waals surface area contributed by atoms with Crippen LogP contribution >= 0.6 is 22.9 Å². The number of ketones is 1. The van der Waals surface area contributed by atoms with Crippen LogP contribution in [0.4, 0.5) is 5.95 Å². The maximum Gasteiger partial charge on any atom is 0.226 e. The molecule has 1 aliphatic heterocycles. The highest BCUT2D eigenvalue weighted by molar-refractivity contribution is 7.10. The van der Waals surface area contributed by atoms with Crippen LogP contribution in [0, 0.1) is 0 Å². The SMILES string of the molecule is O=C1C[C@H](c2cccs2)CC2=C1[C@@H](c1ccc(Cl)cc1)n1ncnc1N2. The second-order valence-electron chi connectivity index (χ2n) is 6.54. The van der Waals surface area contributed by atoms with Gasteiger partial charge in [-0.15, -0.1) is 11.3 Å². The van der Waals surface area contributed by atoms with Crippen LogP contribution in [0.15, 0.2) is 59.4 Å². The molecule has 0 spiro atoms. The number of benzene rings is 1. The lowest BCUT2D eigenvalue weighted by Gasteiger charge is -2.34. The quantitative estimate of drug-likeness (QED) is 0.713. The molecule has 5 nitrogen and oxygen atoms in total. The van der Waals surface area contributed by atoms with E-state index in [4.69, 9.17) is 11.6 Å². The van der Waals surface area contributed by atoms with E-state index in [1.165, 1.54) is 11.2 Å². The fourth-order valence-corrected chi connectivity index (χ4v) is 4.79. The third-order valence-electron chi connectivity index (χ3n) is 4.99. The summed E-state index contributed by atoms with van der Waals surface area (Å²) in [5.74, 6) is 1.05. The number of rotatable bonds is 2. The second-order valence-corrected chi connectivity index (χ2v) is 7.96. The van der Waals surface area contributed by atoms with Crippen LogP contribution in [-0.4, -0.2) is 20.5 Å². The Morgan fingerprint density at radius 1 is 1.19 bits per heavy atom. The summed E-state index contributed by atoms with van der Waals surface area (Å²) >= 11 is 7.75. The Hall–Kier alpha value is -2.44. The number of Topliss-reactive ketones (excluding diaryl/α,β-unsaturated/α-hetero) is 1. The molecule has 0 amide bonds. The predicted octanol–water partition coefficient (Wildman–Crippen LogP) is 4.41. The fraction of sp³-hybridized carbons (Fsp3) is 0.211. The number of fused-ring (bicyclic) bond motifs is 1. The van der Waals surface area contributed by atoms with Crippen molar-refractivity contribution in [1.82, 2.24) is 14.8 Å². The van der Waals surface area contributed by atoms with Gasteiger partial charge < -0.3 is 5.32 Å². The lowest BCUT2D eigenvalue weighted by atomic mass is 9.80. The van der Waals surface area contributed by atoms with Gasteiger partial charge in [-0.2, -0.15) is 10.1 Å². The maximum atomic E-state index is 13.1. The minimum Gasteiger partial charge on any atom is -0.328 e. The molecule has 3 aromatic rings. The number of anilines is 1. The van der Waals surface area contributed by atoms with E-state index in [-0.39, 0.29) is 17.7 Å². The molecule has 1 aromatic carbocycles. The number of halogens is 1. The van der Waals surface area contributed by atoms with Crippen LogP contribution in [0.3, 0.4) is 0 Å². The molecule has 26 heavy (non-hydrogen) atoms. The zero-order valence-corrected chi connectivity index (χ0v) is 15.3. The van der Waals surface area contributed by atoms with Crippen molar-refractivity contribution in [3.05, 3.63) is 74.8 Å². The highest BCUT2D eigenvalue weighted by Crippen LogP contribution is 2.44. The molecule has 0 saturated carbocycles. The highest BCUT2D eigenvalue weighted by Gasteiger charge is 2.39. The highest BCUT2D eigenvalue weighted by atomic mass is 35.5. The Morgan fingerprint density at radius 3 is 2.81 bits per heavy atom. The van der Waals surface area contributed by atoms with Crippen LogP contribution in [-0.2, 0) is 4.79 Å². The van der Waals surface area contributed by atoms with E-state index in [2.05, 4.69) is 26.8 Å². The molecule has 7 heteroatoms. The van der Waals surface area contributed by atoms with Crippen molar-refractivity contribution >= 4 is 34.7 Å². The molecule has 0 bridgehead atoms. The monoisotopic (exact) mass is 382 g/mol. The van der Waals surface area contributed by atoms with E-state index < -0.39 is 0 Å². The molecule has 5 rings (SSSR count). The van der Waals surface area contributed by atoms with Gasteiger partial charge in [0.2, 0.25) is 5.95 Å². The Bertz CT molecular complexity index is 1010. The summed E-state index contributed by atoms with van der Waals surface area (Å²) in [6.07, 6.45) is 2.85. The van der Waals surface area contributed by atoms with Gasteiger partial charge in [-0.1, -0.05) is 29.8 Å². The van der Waals surface area contributed by atoms with E-state index in [0.29, 0.717) is 17.4 Å². The van der Waals surface area contributed by atoms with Gasteiger partial charge in [0.1, 0.15) is 12.4 Å². The lowest BCUT2D eigenvalue weighted by molar-refractivity contribution is -0.116. The molecule has 2 aromatic heterocycles. The Labute approximate surface area is 159 Å². The fourth-order valence-electron chi connectivity index (χ4n) is 3.83. The van der Waals surface area contributed by atoms with Gasteiger partial charge in [-0.25, -0.2) is 4.68 Å². The lowest BCUT2D eigenvalue weighted by Crippen LogP contribution is -2.33. The van der Waals surface area contributed by atoms with E-state index in [0.717, 1.165) is 23.3 Å². The Morgan fingerprint density at radius 2 is 2.04 bits per heavy atom. The summed E-state index contributed by atoms with van der Waals surface area (Å²) in [6, 6.07) is 11.5. The predicted molar refractivity (Wildman–Crippen MR) is 102 cm³/mol. The summed E-state index contributed by atoms with van der Waals surface area (Å²) in [4.78, 5) is 18.7. The molecular weight excluding hydrogens is 368 g/mol. The molecule has 2 aliphatic rings. The van der Waals surface area contributed by atoms with Crippen molar-refractivity contribution < 1.29 is 4.79 Å². The number of carbonyl (C=O) groups is 1. The van der Waals surface area contributed by atoms with Crippen molar-refractivity contribution in [3.63, 3.8) is 0 Å². The maximum absolute atomic E-state index is 13.1. The topological polar surface area (TPSA) is 59.8 Å². The van der Waals surface area contributed by atoms with Gasteiger partial charge in [-0.05, 0) is 35.6 Å². The van der Waals surface area contributed by atoms with Gasteiger partial charge >= 0.3 is 0 Å². The minimum absolute atomic E-state index is 0.165. The van der Waals surface area contributed by atoms with E-state index in [9.17, 15) is 4.79 Å². The first-order valence-corrected chi connectivity index (χ1v) is 9.68. The molecular formula is C19H15ClN4OS. The molecule has 0 radical (unpaired) electrons. The van der Waals surface area contributed by atoms with E-state index in [1.54, 1.807) is 16.0 Å². The molecule has 0 saturated heterocycles. The molecule has 0 unspecified atom stereocenters. The van der Waals surface area contributed by atoms with Crippen molar-refractivity contribution in [3.8, 4) is 0 Å². The largest absolute Gasteiger partial charge is 0.328 e. The number of hydrogen-bond donors (Lipinski definition) is 1. The standard InChI is InChI=1S/C19H15ClN4OS/c20-13-5-3-11(4-6-13)18-17-14(23-19-21-10-22-24(18)19)8-12(9-15(17)25)16-2-1-7-26-16/h1-7,10,12,18H,8-9H2,(H,21,22,23)/t12-,18-/m1/s1. The van der Waals surface area contributed by atoms with Gasteiger partial charge in [0.25, 0.3) is 0 Å². The number of hydrogen-bond acceptors (Lipinski definition) is 5. The molecule has 1 aliphatic carbocycles. The van der Waals surface area contributed by atoms with Gasteiger partial charge in [0.05, 0.1) is 0 Å². The first-order valence-electron chi connectivity index (χ1n) is 8.42. The van der Waals surface area contributed by atoms with Crippen LogP contribution in [0.5, 0.6) is 0 Å². The van der Waals surface area contributed by atoms with Crippen molar-refractivity contribution in [2.45, 2.75) is 24.8 Å². The Kier molecular flexibility index (Phi) is 3.69. The summed E-state index contributed by atoms with van der Waals surface area (Å²) in [7, 11) is 0. The molecule has 3 heterocycles. The summed E-state index contributed by atoms with van der Waals surface area (Å²) in [6.45, 7) is 0. The zero-order chi connectivity index (χ0) is 17.7. The van der Waals surface area contributed by atoms with Crippen LogP contribution in [0.2, 0.25) is 5.02 Å². The average Bonchev–Trinajstić information content (AvgIpc) is 3.32. The number of thiophene rings is 1. The third kappa shape index (κ3) is 2.48. The van der Waals surface area contributed by atoms with Gasteiger partial charge in [0.15, 0.2) is 5.78 Å². The minimum atomic E-state index is -0.266.